The number of aromatic nitrogens is 3. The quantitative estimate of drug-likeness (QED) is 0.352. The fourth-order valence-electron chi connectivity index (χ4n) is 3.81. The molecule has 0 radical (unpaired) electrons. The molecule has 0 unspecified atom stereocenters. The van der Waals surface area contributed by atoms with E-state index in [9.17, 15) is 9.18 Å². The van der Waals surface area contributed by atoms with Crippen LogP contribution in [0.4, 0.5) is 20.6 Å². The molecule has 0 aliphatic rings. The molecular formula is C24H20FN5O2. The number of methoxy groups -OCH3 is 1. The third-order valence-corrected chi connectivity index (χ3v) is 5.37. The third kappa shape index (κ3) is 3.62. The summed E-state index contributed by atoms with van der Waals surface area (Å²) < 4.78 is 21.3. The fraction of sp³-hybridized carbons (Fsp3) is 0.0833. The summed E-state index contributed by atoms with van der Waals surface area (Å²) in [5.74, 6) is -0.0905. The molecule has 5 rings (SSSR count). The number of urea groups is 1. The smallest absolute Gasteiger partial charge is 0.323 e. The molecule has 160 valence electrons. The minimum atomic E-state index is -0.543. The highest BCUT2D eigenvalue weighted by Crippen LogP contribution is 2.27. The van der Waals surface area contributed by atoms with E-state index in [1.54, 1.807) is 6.20 Å². The lowest BCUT2D eigenvalue weighted by molar-refractivity contribution is 0.262. The Kier molecular flexibility index (Phi) is 4.95. The van der Waals surface area contributed by atoms with Gasteiger partial charge in [-0.15, -0.1) is 0 Å². The van der Waals surface area contributed by atoms with E-state index in [0.717, 1.165) is 27.5 Å². The number of carbonyl (C=O) groups is 1. The summed E-state index contributed by atoms with van der Waals surface area (Å²) in [6.07, 6.45) is 5.64. The molecule has 7 nitrogen and oxygen atoms in total. The number of H-pyrrole nitrogens is 1. The molecule has 2 aromatic carbocycles. The van der Waals surface area contributed by atoms with Gasteiger partial charge >= 0.3 is 6.03 Å². The van der Waals surface area contributed by atoms with Crippen LogP contribution in [0.25, 0.3) is 21.9 Å². The lowest BCUT2D eigenvalue weighted by Gasteiger charge is -2.11. The standard InChI is InChI=1S/C24H20FN5O2/c1-32-16-5-6-19(25)21(13-16)29-24(31)28-20-3-2-4-22-18(20)9-12-30(22)14-15-7-10-26-23-17(15)8-11-27-23/h2-13H,14H2,1H3,(H,26,27)(H2,28,29,31). The van der Waals surface area contributed by atoms with E-state index in [-0.39, 0.29) is 5.69 Å². The van der Waals surface area contributed by atoms with Gasteiger partial charge in [-0.3, -0.25) is 0 Å². The van der Waals surface area contributed by atoms with Crippen molar-refractivity contribution in [1.29, 1.82) is 0 Å². The summed E-state index contributed by atoms with van der Waals surface area (Å²) in [7, 11) is 1.48. The number of halogens is 1. The lowest BCUT2D eigenvalue weighted by atomic mass is 10.2. The van der Waals surface area contributed by atoms with E-state index >= 15 is 0 Å². The molecule has 2 amide bonds. The van der Waals surface area contributed by atoms with Crippen molar-refractivity contribution in [2.24, 2.45) is 0 Å². The van der Waals surface area contributed by atoms with Gasteiger partial charge in [0.1, 0.15) is 17.2 Å². The van der Waals surface area contributed by atoms with Gasteiger partial charge < -0.3 is 24.9 Å². The first-order valence-electron chi connectivity index (χ1n) is 10.0. The van der Waals surface area contributed by atoms with Crippen molar-refractivity contribution < 1.29 is 13.9 Å². The third-order valence-electron chi connectivity index (χ3n) is 5.37. The highest BCUT2D eigenvalue weighted by Gasteiger charge is 2.12. The number of aromatic amines is 1. The second-order valence-corrected chi connectivity index (χ2v) is 7.32. The van der Waals surface area contributed by atoms with Crippen molar-refractivity contribution in [3.05, 3.63) is 84.6 Å². The van der Waals surface area contributed by atoms with Crippen LogP contribution in [-0.2, 0) is 6.54 Å². The van der Waals surface area contributed by atoms with Crippen molar-refractivity contribution in [3.8, 4) is 5.75 Å². The van der Waals surface area contributed by atoms with Crippen molar-refractivity contribution in [2.45, 2.75) is 6.54 Å². The number of hydrogen-bond acceptors (Lipinski definition) is 3. The summed E-state index contributed by atoms with van der Waals surface area (Å²) in [5.41, 5.74) is 3.63. The number of fused-ring (bicyclic) bond motifs is 2. The highest BCUT2D eigenvalue weighted by molar-refractivity contribution is 6.06. The second kappa shape index (κ2) is 8.07. The van der Waals surface area contributed by atoms with Crippen molar-refractivity contribution in [2.75, 3.05) is 17.7 Å². The van der Waals surface area contributed by atoms with E-state index < -0.39 is 11.8 Å². The van der Waals surface area contributed by atoms with Crippen LogP contribution in [0.15, 0.2) is 73.2 Å². The zero-order chi connectivity index (χ0) is 22.1. The molecule has 0 saturated carbocycles. The van der Waals surface area contributed by atoms with Crippen molar-refractivity contribution in [1.82, 2.24) is 14.5 Å². The van der Waals surface area contributed by atoms with E-state index in [4.69, 9.17) is 4.74 Å². The number of benzene rings is 2. The Hall–Kier alpha value is -4.33. The number of amides is 2. The number of carbonyl (C=O) groups excluding carboxylic acids is 1. The number of ether oxygens (including phenoxy) is 1. The molecule has 8 heteroatoms. The van der Waals surface area contributed by atoms with Gasteiger partial charge in [0.05, 0.1) is 24.0 Å². The van der Waals surface area contributed by atoms with Crippen LogP contribution in [0.1, 0.15) is 5.56 Å². The van der Waals surface area contributed by atoms with Gasteiger partial charge in [0.15, 0.2) is 0 Å². The normalized spacial score (nSPS) is 11.1. The predicted molar refractivity (Wildman–Crippen MR) is 123 cm³/mol. The largest absolute Gasteiger partial charge is 0.497 e. The lowest BCUT2D eigenvalue weighted by Crippen LogP contribution is -2.20. The molecule has 3 N–H and O–H groups in total. The Labute approximate surface area is 182 Å². The SMILES string of the molecule is COc1ccc(F)c(NC(=O)Nc2cccc3c2ccn3Cc2ccnc3[nH]ccc23)c1. The topological polar surface area (TPSA) is 84.0 Å². The fourth-order valence-corrected chi connectivity index (χ4v) is 3.81. The average Bonchev–Trinajstić information content (AvgIpc) is 3.44. The van der Waals surface area contributed by atoms with Crippen LogP contribution in [0.2, 0.25) is 0 Å². The summed E-state index contributed by atoms with van der Waals surface area (Å²) in [5, 5.41) is 7.31. The molecule has 0 atom stereocenters. The number of hydrogen-bond donors (Lipinski definition) is 3. The highest BCUT2D eigenvalue weighted by atomic mass is 19.1. The van der Waals surface area contributed by atoms with E-state index in [1.165, 1.54) is 25.3 Å². The van der Waals surface area contributed by atoms with Gasteiger partial charge in [-0.25, -0.2) is 14.2 Å². The van der Waals surface area contributed by atoms with Crippen LogP contribution in [0, 0.1) is 5.82 Å². The molecule has 0 aliphatic carbocycles. The van der Waals surface area contributed by atoms with E-state index in [1.807, 2.05) is 48.8 Å². The Morgan fingerprint density at radius 3 is 2.84 bits per heavy atom. The maximum absolute atomic E-state index is 14.0. The number of pyridine rings is 1. The molecule has 0 aliphatic heterocycles. The predicted octanol–water partition coefficient (Wildman–Crippen LogP) is 5.36. The van der Waals surface area contributed by atoms with Gasteiger partial charge in [-0.2, -0.15) is 0 Å². The molecule has 32 heavy (non-hydrogen) atoms. The van der Waals surface area contributed by atoms with Gasteiger partial charge in [-0.05, 0) is 48.0 Å². The maximum atomic E-state index is 14.0. The molecule has 0 bridgehead atoms. The van der Waals surface area contributed by atoms with Crippen LogP contribution in [0.5, 0.6) is 5.75 Å². The summed E-state index contributed by atoms with van der Waals surface area (Å²) in [6.45, 7) is 0.658. The molecule has 3 aromatic heterocycles. The number of anilines is 2. The summed E-state index contributed by atoms with van der Waals surface area (Å²) in [4.78, 5) is 20.0. The van der Waals surface area contributed by atoms with Gasteiger partial charge in [0, 0.05) is 42.0 Å². The minimum absolute atomic E-state index is 0.0415. The van der Waals surface area contributed by atoms with Crippen molar-refractivity contribution in [3.63, 3.8) is 0 Å². The zero-order valence-electron chi connectivity index (χ0n) is 17.2. The number of nitrogens with zero attached hydrogens (tertiary/aromatic N) is 2. The molecule has 5 aromatic rings. The van der Waals surface area contributed by atoms with Gasteiger partial charge in [-0.1, -0.05) is 6.07 Å². The molecule has 0 spiro atoms. The first kappa shape index (κ1) is 19.6. The first-order valence-corrected chi connectivity index (χ1v) is 10.0. The van der Waals surface area contributed by atoms with Gasteiger partial charge in [0.25, 0.3) is 0 Å². The van der Waals surface area contributed by atoms with E-state index in [0.29, 0.717) is 18.0 Å². The number of nitrogens with one attached hydrogen (secondary N) is 3. The average molecular weight is 429 g/mol. The molecule has 0 fully saturated rings. The van der Waals surface area contributed by atoms with Crippen LogP contribution >= 0.6 is 0 Å². The summed E-state index contributed by atoms with van der Waals surface area (Å²) in [6, 6.07) is 15.3. The van der Waals surface area contributed by atoms with Gasteiger partial charge in [0.2, 0.25) is 0 Å². The first-order chi connectivity index (χ1) is 15.6. The van der Waals surface area contributed by atoms with Crippen LogP contribution < -0.4 is 15.4 Å². The van der Waals surface area contributed by atoms with Crippen LogP contribution in [-0.4, -0.2) is 27.7 Å². The Morgan fingerprint density at radius 2 is 1.97 bits per heavy atom. The monoisotopic (exact) mass is 429 g/mol. The molecule has 0 saturated heterocycles. The Morgan fingerprint density at radius 1 is 1.09 bits per heavy atom. The maximum Gasteiger partial charge on any atom is 0.323 e. The molecule has 3 heterocycles. The minimum Gasteiger partial charge on any atom is -0.497 e. The van der Waals surface area contributed by atoms with Crippen molar-refractivity contribution >= 4 is 39.3 Å². The second-order valence-electron chi connectivity index (χ2n) is 7.32. The Balaban J connectivity index is 1.40. The Bertz CT molecular complexity index is 1440. The summed E-state index contributed by atoms with van der Waals surface area (Å²) >= 11 is 0. The van der Waals surface area contributed by atoms with Crippen LogP contribution in [0.3, 0.4) is 0 Å². The molecular weight excluding hydrogens is 409 g/mol. The number of rotatable bonds is 5. The zero-order valence-corrected chi connectivity index (χ0v) is 17.2. The van der Waals surface area contributed by atoms with E-state index in [2.05, 4.69) is 25.2 Å².